The molecule has 1 aromatic carbocycles. The van der Waals surface area contributed by atoms with Gasteiger partial charge in [0.1, 0.15) is 6.54 Å². The summed E-state index contributed by atoms with van der Waals surface area (Å²) < 4.78 is 0. The van der Waals surface area contributed by atoms with E-state index < -0.39 is 0 Å². The first kappa shape index (κ1) is 23.0. The molecule has 0 aliphatic carbocycles. The Morgan fingerprint density at radius 1 is 1.33 bits per heavy atom. The standard InChI is InChI=1S/C20H24N4OS.HI/c1-4-16-8-6-9-17(14-16)23-19(25)15-22-20(21-5-2)24(3)12-11-18-10-7-13-26-18;/h1,6-10,13-14H,5,11-12,15H2,2-3H3,(H,21,22)(H,23,25);1H. The lowest BCUT2D eigenvalue weighted by atomic mass is 10.2. The van der Waals surface area contributed by atoms with Crippen molar-refractivity contribution in [2.24, 2.45) is 4.99 Å². The van der Waals surface area contributed by atoms with Crippen molar-refractivity contribution in [1.82, 2.24) is 10.2 Å². The summed E-state index contributed by atoms with van der Waals surface area (Å²) in [4.78, 5) is 20.0. The Hall–Kier alpha value is -2.05. The van der Waals surface area contributed by atoms with Crippen LogP contribution in [0.1, 0.15) is 17.4 Å². The Morgan fingerprint density at radius 2 is 2.15 bits per heavy atom. The number of benzene rings is 1. The number of guanidine groups is 1. The van der Waals surface area contributed by atoms with Crippen LogP contribution in [0.25, 0.3) is 0 Å². The van der Waals surface area contributed by atoms with E-state index in [0.717, 1.165) is 31.0 Å². The minimum absolute atomic E-state index is 0. The highest BCUT2D eigenvalue weighted by atomic mass is 127. The Morgan fingerprint density at radius 3 is 2.81 bits per heavy atom. The molecule has 2 aromatic rings. The zero-order chi connectivity index (χ0) is 18.8. The van der Waals surface area contributed by atoms with Gasteiger partial charge in [-0.1, -0.05) is 18.1 Å². The molecule has 7 heteroatoms. The molecule has 0 atom stereocenters. The lowest BCUT2D eigenvalue weighted by molar-refractivity contribution is -0.114. The van der Waals surface area contributed by atoms with Gasteiger partial charge in [-0.2, -0.15) is 0 Å². The molecule has 0 saturated carbocycles. The van der Waals surface area contributed by atoms with Gasteiger partial charge in [-0.15, -0.1) is 41.7 Å². The number of terminal acetylenes is 1. The van der Waals surface area contributed by atoms with Gasteiger partial charge in [-0.05, 0) is 43.0 Å². The van der Waals surface area contributed by atoms with Crippen LogP contribution in [-0.2, 0) is 11.2 Å². The molecular weight excluding hydrogens is 471 g/mol. The highest BCUT2D eigenvalue weighted by molar-refractivity contribution is 14.0. The molecule has 2 N–H and O–H groups in total. The number of likely N-dealkylation sites (N-methyl/N-ethyl adjacent to an activating group) is 1. The van der Waals surface area contributed by atoms with Crippen molar-refractivity contribution in [2.45, 2.75) is 13.3 Å². The summed E-state index contributed by atoms with van der Waals surface area (Å²) in [5.41, 5.74) is 1.41. The third-order valence-electron chi connectivity index (χ3n) is 3.66. The van der Waals surface area contributed by atoms with Crippen LogP contribution in [0.15, 0.2) is 46.8 Å². The lowest BCUT2D eigenvalue weighted by Crippen LogP contribution is -2.40. The number of hydrogen-bond acceptors (Lipinski definition) is 3. The molecule has 27 heavy (non-hydrogen) atoms. The molecule has 0 aliphatic rings. The average Bonchev–Trinajstić information content (AvgIpc) is 3.17. The Bertz CT molecular complexity index is 784. The Kier molecular flexibility index (Phi) is 10.5. The summed E-state index contributed by atoms with van der Waals surface area (Å²) in [6.45, 7) is 3.63. The van der Waals surface area contributed by atoms with Gasteiger partial charge in [-0.25, -0.2) is 4.99 Å². The van der Waals surface area contributed by atoms with E-state index in [2.05, 4.69) is 39.1 Å². The van der Waals surface area contributed by atoms with Crippen molar-refractivity contribution in [3.8, 4) is 12.3 Å². The van der Waals surface area contributed by atoms with E-state index in [-0.39, 0.29) is 36.4 Å². The number of thiophene rings is 1. The molecule has 2 rings (SSSR count). The number of carbonyl (C=O) groups is 1. The van der Waals surface area contributed by atoms with Gasteiger partial charge in [0.25, 0.3) is 0 Å². The van der Waals surface area contributed by atoms with Crippen LogP contribution in [0.3, 0.4) is 0 Å². The second kappa shape index (κ2) is 12.4. The topological polar surface area (TPSA) is 56.7 Å². The van der Waals surface area contributed by atoms with Crippen LogP contribution in [-0.4, -0.2) is 43.4 Å². The third kappa shape index (κ3) is 8.01. The third-order valence-corrected chi connectivity index (χ3v) is 4.59. The first-order valence-electron chi connectivity index (χ1n) is 8.50. The number of nitrogens with zero attached hydrogens (tertiary/aromatic N) is 2. The molecule has 0 fully saturated rings. The molecule has 0 bridgehead atoms. The molecule has 1 aromatic heterocycles. The number of amides is 1. The van der Waals surface area contributed by atoms with Crippen molar-refractivity contribution >= 4 is 52.9 Å². The SMILES string of the molecule is C#Cc1cccc(NC(=O)CN=C(NCC)N(C)CCc2cccs2)c1.I. The van der Waals surface area contributed by atoms with Crippen molar-refractivity contribution in [1.29, 1.82) is 0 Å². The van der Waals surface area contributed by atoms with E-state index in [0.29, 0.717) is 5.69 Å². The number of nitrogens with one attached hydrogen (secondary N) is 2. The molecular formula is C20H25IN4OS. The maximum atomic E-state index is 12.2. The molecule has 0 spiro atoms. The largest absolute Gasteiger partial charge is 0.357 e. The van der Waals surface area contributed by atoms with Crippen molar-refractivity contribution in [3.63, 3.8) is 0 Å². The van der Waals surface area contributed by atoms with Gasteiger partial charge in [0.05, 0.1) is 0 Å². The zero-order valence-corrected chi connectivity index (χ0v) is 18.7. The molecule has 0 saturated heterocycles. The van der Waals surface area contributed by atoms with E-state index in [1.165, 1.54) is 4.88 Å². The lowest BCUT2D eigenvalue weighted by Gasteiger charge is -2.21. The number of hydrogen-bond donors (Lipinski definition) is 2. The highest BCUT2D eigenvalue weighted by Crippen LogP contribution is 2.10. The molecule has 0 radical (unpaired) electrons. The van der Waals surface area contributed by atoms with Crippen LogP contribution in [0.2, 0.25) is 0 Å². The van der Waals surface area contributed by atoms with Crippen LogP contribution >= 0.6 is 35.3 Å². The van der Waals surface area contributed by atoms with Crippen molar-refractivity contribution < 1.29 is 4.79 Å². The maximum absolute atomic E-state index is 12.2. The summed E-state index contributed by atoms with van der Waals surface area (Å²) >= 11 is 1.75. The predicted octanol–water partition coefficient (Wildman–Crippen LogP) is 3.43. The minimum Gasteiger partial charge on any atom is -0.357 e. The zero-order valence-electron chi connectivity index (χ0n) is 15.6. The van der Waals surface area contributed by atoms with Gasteiger partial charge in [0, 0.05) is 36.3 Å². The molecule has 144 valence electrons. The molecule has 1 heterocycles. The first-order valence-corrected chi connectivity index (χ1v) is 9.38. The number of rotatable bonds is 7. The van der Waals surface area contributed by atoms with Gasteiger partial charge >= 0.3 is 0 Å². The van der Waals surface area contributed by atoms with Crippen LogP contribution in [0, 0.1) is 12.3 Å². The van der Waals surface area contributed by atoms with Crippen LogP contribution in [0.4, 0.5) is 5.69 Å². The van der Waals surface area contributed by atoms with Crippen molar-refractivity contribution in [3.05, 3.63) is 52.2 Å². The van der Waals surface area contributed by atoms with E-state index in [9.17, 15) is 4.79 Å². The fourth-order valence-corrected chi connectivity index (χ4v) is 3.04. The summed E-state index contributed by atoms with van der Waals surface area (Å²) in [5, 5.41) is 8.12. The number of carbonyl (C=O) groups excluding carboxylic acids is 1. The molecule has 0 unspecified atom stereocenters. The second-order valence-corrected chi connectivity index (χ2v) is 6.73. The Labute approximate surface area is 182 Å². The van der Waals surface area contributed by atoms with Gasteiger partial charge in [0.2, 0.25) is 5.91 Å². The summed E-state index contributed by atoms with van der Waals surface area (Å²) in [6, 6.07) is 11.4. The van der Waals surface area contributed by atoms with Gasteiger partial charge in [-0.3, -0.25) is 4.79 Å². The van der Waals surface area contributed by atoms with Crippen LogP contribution < -0.4 is 10.6 Å². The Balaban J connectivity index is 0.00000364. The highest BCUT2D eigenvalue weighted by Gasteiger charge is 2.08. The maximum Gasteiger partial charge on any atom is 0.246 e. The number of halogens is 1. The quantitative estimate of drug-likeness (QED) is 0.267. The fourth-order valence-electron chi connectivity index (χ4n) is 2.34. The second-order valence-electron chi connectivity index (χ2n) is 5.69. The van der Waals surface area contributed by atoms with Gasteiger partial charge in [0.15, 0.2) is 5.96 Å². The van der Waals surface area contributed by atoms with E-state index in [4.69, 9.17) is 6.42 Å². The van der Waals surface area contributed by atoms with Gasteiger partial charge < -0.3 is 15.5 Å². The summed E-state index contributed by atoms with van der Waals surface area (Å²) in [6.07, 6.45) is 6.33. The molecule has 5 nitrogen and oxygen atoms in total. The summed E-state index contributed by atoms with van der Waals surface area (Å²) in [5.74, 6) is 3.09. The molecule has 1 amide bonds. The molecule has 0 aliphatic heterocycles. The van der Waals surface area contributed by atoms with E-state index >= 15 is 0 Å². The summed E-state index contributed by atoms with van der Waals surface area (Å²) in [7, 11) is 1.98. The monoisotopic (exact) mass is 496 g/mol. The average molecular weight is 496 g/mol. The number of anilines is 1. The van der Waals surface area contributed by atoms with E-state index in [1.807, 2.05) is 31.0 Å². The first-order chi connectivity index (χ1) is 12.6. The predicted molar refractivity (Wildman–Crippen MR) is 125 cm³/mol. The normalized spacial score (nSPS) is 10.5. The van der Waals surface area contributed by atoms with Crippen LogP contribution in [0.5, 0.6) is 0 Å². The van der Waals surface area contributed by atoms with E-state index in [1.54, 1.807) is 23.5 Å². The fraction of sp³-hybridized carbons (Fsp3) is 0.300. The minimum atomic E-state index is -0.179. The van der Waals surface area contributed by atoms with Crippen molar-refractivity contribution in [2.75, 3.05) is 32.0 Å². The smallest absolute Gasteiger partial charge is 0.246 e. The number of aliphatic imine (C=N–C) groups is 1.